The quantitative estimate of drug-likeness (QED) is 0.327. The van der Waals surface area contributed by atoms with Crippen molar-refractivity contribution in [1.29, 1.82) is 0 Å². The van der Waals surface area contributed by atoms with E-state index in [1.807, 2.05) is 72.8 Å². The second kappa shape index (κ2) is 8.11. The van der Waals surface area contributed by atoms with Gasteiger partial charge in [-0.2, -0.15) is 5.06 Å². The summed E-state index contributed by atoms with van der Waals surface area (Å²) in [5.41, 5.74) is 4.42. The monoisotopic (exact) mass is 439 g/mol. The highest BCUT2D eigenvalue weighted by Crippen LogP contribution is 2.59. The Bertz CT molecular complexity index is 1210. The minimum Gasteiger partial charge on any atom is -0.311 e. The first-order valence-corrected chi connectivity index (χ1v) is 11.6. The van der Waals surface area contributed by atoms with Crippen LogP contribution in [-0.2, 0) is 11.1 Å². The normalized spacial score (nSPS) is 16.1. The second-order valence-corrected chi connectivity index (χ2v) is 8.74. The molecule has 0 aliphatic carbocycles. The zero-order valence-corrected chi connectivity index (χ0v) is 18.8. The molecule has 34 heavy (non-hydrogen) atoms. The average molecular weight is 440 g/mol. The van der Waals surface area contributed by atoms with Gasteiger partial charge in [-0.25, -0.2) is 0 Å². The van der Waals surface area contributed by atoms with Gasteiger partial charge < -0.3 is 5.21 Å². The standard InChI is InChI=1S/C32H25NO/c34-33-31(25-15-5-1-6-16-25,26-17-7-2-8-18-26)29-23-13-14-24-30(29)32(33,27-19-9-3-10-20-27)28-21-11-4-12-22-28/h1-24,34H. The Balaban J connectivity index is 1.80. The van der Waals surface area contributed by atoms with Crippen LogP contribution in [0.3, 0.4) is 0 Å². The topological polar surface area (TPSA) is 23.5 Å². The molecule has 1 aliphatic rings. The summed E-state index contributed by atoms with van der Waals surface area (Å²) in [6, 6.07) is 49.8. The van der Waals surface area contributed by atoms with E-state index in [0.717, 1.165) is 33.4 Å². The molecule has 2 heteroatoms. The van der Waals surface area contributed by atoms with Gasteiger partial charge in [-0.05, 0) is 33.4 Å². The summed E-state index contributed by atoms with van der Waals surface area (Å²) in [7, 11) is 0. The summed E-state index contributed by atoms with van der Waals surface area (Å²) >= 11 is 0. The van der Waals surface area contributed by atoms with Crippen LogP contribution in [0.1, 0.15) is 33.4 Å². The van der Waals surface area contributed by atoms with Gasteiger partial charge in [-0.15, -0.1) is 0 Å². The third-order valence-corrected chi connectivity index (χ3v) is 7.11. The smallest absolute Gasteiger partial charge is 0.123 e. The van der Waals surface area contributed by atoms with E-state index in [0.29, 0.717) is 0 Å². The van der Waals surface area contributed by atoms with E-state index in [1.165, 1.54) is 0 Å². The minimum atomic E-state index is -0.898. The molecule has 1 aliphatic heterocycles. The highest BCUT2D eigenvalue weighted by molar-refractivity contribution is 5.64. The highest BCUT2D eigenvalue weighted by atomic mass is 16.5. The second-order valence-electron chi connectivity index (χ2n) is 8.74. The maximum atomic E-state index is 12.7. The number of rotatable bonds is 4. The van der Waals surface area contributed by atoms with Crippen molar-refractivity contribution >= 4 is 0 Å². The van der Waals surface area contributed by atoms with Crippen LogP contribution in [0, 0.1) is 0 Å². The van der Waals surface area contributed by atoms with Crippen LogP contribution < -0.4 is 0 Å². The average Bonchev–Trinajstić information content (AvgIpc) is 3.17. The molecular formula is C32H25NO. The molecule has 6 rings (SSSR count). The summed E-state index contributed by atoms with van der Waals surface area (Å²) in [6.45, 7) is 0. The van der Waals surface area contributed by atoms with E-state index < -0.39 is 11.1 Å². The lowest BCUT2D eigenvalue weighted by Crippen LogP contribution is -2.51. The van der Waals surface area contributed by atoms with Gasteiger partial charge in [-0.3, -0.25) is 0 Å². The minimum absolute atomic E-state index is 0.898. The zero-order chi connectivity index (χ0) is 23.0. The van der Waals surface area contributed by atoms with Crippen molar-refractivity contribution < 1.29 is 5.21 Å². The molecule has 0 amide bonds. The summed E-state index contributed by atoms with van der Waals surface area (Å²) in [4.78, 5) is 0. The Kier molecular flexibility index (Phi) is 4.91. The molecule has 0 saturated carbocycles. The Morgan fingerprint density at radius 2 is 0.588 bits per heavy atom. The molecule has 0 bridgehead atoms. The van der Waals surface area contributed by atoms with Gasteiger partial charge >= 0.3 is 0 Å². The van der Waals surface area contributed by atoms with Crippen molar-refractivity contribution in [2.75, 3.05) is 0 Å². The fourth-order valence-corrected chi connectivity index (χ4v) is 5.76. The van der Waals surface area contributed by atoms with Crippen LogP contribution >= 0.6 is 0 Å². The van der Waals surface area contributed by atoms with Crippen LogP contribution in [-0.4, -0.2) is 10.3 Å². The molecule has 0 saturated heterocycles. The van der Waals surface area contributed by atoms with Crippen LogP contribution in [0.25, 0.3) is 0 Å². The Hall–Kier alpha value is -3.98. The molecule has 0 radical (unpaired) electrons. The molecule has 1 N–H and O–H groups in total. The first-order chi connectivity index (χ1) is 16.8. The molecular weight excluding hydrogens is 414 g/mol. The SMILES string of the molecule is ON1C(c2ccccc2)(c2ccccc2)c2ccccc2C1(c1ccccc1)c1ccccc1. The van der Waals surface area contributed by atoms with E-state index in [4.69, 9.17) is 0 Å². The van der Waals surface area contributed by atoms with Crippen molar-refractivity contribution in [3.8, 4) is 0 Å². The maximum absolute atomic E-state index is 12.7. The molecule has 2 nitrogen and oxygen atoms in total. The number of benzene rings is 5. The number of fused-ring (bicyclic) bond motifs is 1. The maximum Gasteiger partial charge on any atom is 0.123 e. The van der Waals surface area contributed by atoms with E-state index in [1.54, 1.807) is 5.06 Å². The lowest BCUT2D eigenvalue weighted by Gasteiger charge is -2.44. The van der Waals surface area contributed by atoms with Crippen LogP contribution in [0.2, 0.25) is 0 Å². The first kappa shape index (κ1) is 20.6. The molecule has 0 spiro atoms. The van der Waals surface area contributed by atoms with Gasteiger partial charge in [-0.1, -0.05) is 146 Å². The van der Waals surface area contributed by atoms with Crippen LogP contribution in [0.4, 0.5) is 0 Å². The van der Waals surface area contributed by atoms with Gasteiger partial charge in [0, 0.05) is 0 Å². The fourth-order valence-electron chi connectivity index (χ4n) is 5.76. The number of hydrogen-bond acceptors (Lipinski definition) is 2. The largest absolute Gasteiger partial charge is 0.311 e. The van der Waals surface area contributed by atoms with Gasteiger partial charge in [0.1, 0.15) is 11.1 Å². The predicted octanol–water partition coefficient (Wildman–Crippen LogP) is 6.98. The summed E-state index contributed by atoms with van der Waals surface area (Å²) in [6.07, 6.45) is 0. The van der Waals surface area contributed by atoms with Crippen LogP contribution in [0.15, 0.2) is 146 Å². The predicted molar refractivity (Wildman–Crippen MR) is 136 cm³/mol. The summed E-state index contributed by atoms with van der Waals surface area (Å²) in [5, 5.41) is 14.3. The third kappa shape index (κ3) is 2.70. The van der Waals surface area contributed by atoms with Crippen molar-refractivity contribution in [2.24, 2.45) is 0 Å². The lowest BCUT2D eigenvalue weighted by molar-refractivity contribution is -0.187. The molecule has 0 aromatic heterocycles. The molecule has 5 aromatic carbocycles. The number of hydrogen-bond donors (Lipinski definition) is 1. The molecule has 5 aromatic rings. The fraction of sp³-hybridized carbons (Fsp3) is 0.0625. The Morgan fingerprint density at radius 3 is 0.853 bits per heavy atom. The van der Waals surface area contributed by atoms with E-state index in [-0.39, 0.29) is 0 Å². The zero-order valence-electron chi connectivity index (χ0n) is 18.8. The molecule has 1 heterocycles. The van der Waals surface area contributed by atoms with Crippen molar-refractivity contribution in [3.63, 3.8) is 0 Å². The number of hydroxylamine groups is 2. The van der Waals surface area contributed by atoms with Gasteiger partial charge in [0.2, 0.25) is 0 Å². The molecule has 164 valence electrons. The van der Waals surface area contributed by atoms with E-state index in [2.05, 4.69) is 72.8 Å². The van der Waals surface area contributed by atoms with Crippen molar-refractivity contribution in [1.82, 2.24) is 5.06 Å². The summed E-state index contributed by atoms with van der Waals surface area (Å²) in [5.74, 6) is 0. The van der Waals surface area contributed by atoms with E-state index >= 15 is 0 Å². The van der Waals surface area contributed by atoms with Crippen molar-refractivity contribution in [2.45, 2.75) is 11.1 Å². The van der Waals surface area contributed by atoms with Gasteiger partial charge in [0.15, 0.2) is 0 Å². The molecule has 0 atom stereocenters. The highest BCUT2D eigenvalue weighted by Gasteiger charge is 2.61. The number of nitrogens with zero attached hydrogens (tertiary/aromatic N) is 1. The molecule has 0 unspecified atom stereocenters. The summed E-state index contributed by atoms with van der Waals surface area (Å²) < 4.78 is 0. The van der Waals surface area contributed by atoms with Gasteiger partial charge in [0.25, 0.3) is 0 Å². The van der Waals surface area contributed by atoms with Gasteiger partial charge in [0.05, 0.1) is 0 Å². The Morgan fingerprint density at radius 1 is 0.353 bits per heavy atom. The molecule has 0 fully saturated rings. The lowest BCUT2D eigenvalue weighted by atomic mass is 9.76. The van der Waals surface area contributed by atoms with Crippen molar-refractivity contribution in [3.05, 3.63) is 179 Å². The first-order valence-electron chi connectivity index (χ1n) is 11.6. The third-order valence-electron chi connectivity index (χ3n) is 7.11. The van der Waals surface area contributed by atoms with Crippen LogP contribution in [0.5, 0.6) is 0 Å². The Labute approximate surface area is 200 Å². The van der Waals surface area contributed by atoms with E-state index in [9.17, 15) is 5.21 Å².